The molecule has 3 atom stereocenters. The Balaban J connectivity index is 2.54. The van der Waals surface area contributed by atoms with E-state index in [9.17, 15) is 15.0 Å². The number of hydrogen-bond donors (Lipinski definition) is 4. The van der Waals surface area contributed by atoms with Crippen LogP contribution in [0.15, 0.2) is 0 Å². The molecule has 1 saturated heterocycles. The molecule has 0 spiro atoms. The average Bonchev–Trinajstić information content (AvgIpc) is 2.29. The van der Waals surface area contributed by atoms with Crippen LogP contribution in [-0.4, -0.2) is 46.5 Å². The van der Waals surface area contributed by atoms with Gasteiger partial charge in [-0.1, -0.05) is 0 Å². The first-order valence-electron chi connectivity index (χ1n) is 4.73. The smallest absolute Gasteiger partial charge is 0.240 e. The Morgan fingerprint density at radius 3 is 2.36 bits per heavy atom. The summed E-state index contributed by atoms with van der Waals surface area (Å²) in [4.78, 5) is 11.6. The Morgan fingerprint density at radius 1 is 1.43 bits per heavy atom. The van der Waals surface area contributed by atoms with E-state index >= 15 is 0 Å². The van der Waals surface area contributed by atoms with E-state index in [1.54, 1.807) is 0 Å². The van der Waals surface area contributed by atoms with Gasteiger partial charge in [0, 0.05) is 12.1 Å². The average molecular weight is 202 g/mol. The van der Waals surface area contributed by atoms with Crippen LogP contribution in [0.25, 0.3) is 0 Å². The van der Waals surface area contributed by atoms with Crippen LogP contribution < -0.4 is 10.6 Å². The van der Waals surface area contributed by atoms with Gasteiger partial charge < -0.3 is 20.8 Å². The van der Waals surface area contributed by atoms with Gasteiger partial charge in [-0.05, 0) is 20.8 Å². The Kier molecular flexibility index (Phi) is 3.14. The van der Waals surface area contributed by atoms with E-state index in [0.717, 1.165) is 0 Å². The monoisotopic (exact) mass is 202 g/mol. The number of aliphatic hydroxyl groups is 2. The number of rotatable bonds is 1. The molecule has 1 fully saturated rings. The molecule has 1 aliphatic rings. The van der Waals surface area contributed by atoms with Crippen molar-refractivity contribution in [1.29, 1.82) is 0 Å². The molecule has 0 aliphatic carbocycles. The minimum absolute atomic E-state index is 0.253. The summed E-state index contributed by atoms with van der Waals surface area (Å²) in [6.45, 7) is 5.84. The molecule has 1 rings (SSSR count). The van der Waals surface area contributed by atoms with E-state index in [4.69, 9.17) is 0 Å². The van der Waals surface area contributed by atoms with Gasteiger partial charge in [-0.3, -0.25) is 4.79 Å². The maximum Gasteiger partial charge on any atom is 0.240 e. The minimum atomic E-state index is -1.02. The number of nitrogens with one attached hydrogen (secondary N) is 2. The van der Waals surface area contributed by atoms with Crippen LogP contribution in [0.3, 0.4) is 0 Å². The summed E-state index contributed by atoms with van der Waals surface area (Å²) in [5, 5.41) is 24.2. The van der Waals surface area contributed by atoms with E-state index in [0.29, 0.717) is 0 Å². The number of carbonyl (C=O) groups excluding carboxylic acids is 1. The van der Waals surface area contributed by atoms with Crippen LogP contribution >= 0.6 is 0 Å². The van der Waals surface area contributed by atoms with Gasteiger partial charge in [0.15, 0.2) is 0 Å². The molecule has 14 heavy (non-hydrogen) atoms. The van der Waals surface area contributed by atoms with Gasteiger partial charge in [0.2, 0.25) is 5.91 Å². The van der Waals surface area contributed by atoms with Crippen molar-refractivity contribution in [1.82, 2.24) is 10.6 Å². The third-order valence-electron chi connectivity index (χ3n) is 2.06. The van der Waals surface area contributed by atoms with Crippen LogP contribution in [0.2, 0.25) is 0 Å². The van der Waals surface area contributed by atoms with Crippen molar-refractivity contribution in [3.63, 3.8) is 0 Å². The summed E-state index contributed by atoms with van der Waals surface area (Å²) in [7, 11) is 0. The lowest BCUT2D eigenvalue weighted by Crippen LogP contribution is -2.52. The summed E-state index contributed by atoms with van der Waals surface area (Å²) >= 11 is 0. The summed E-state index contributed by atoms with van der Waals surface area (Å²) in [6, 6.07) is -0.704. The molecule has 0 aromatic carbocycles. The highest BCUT2D eigenvalue weighted by atomic mass is 16.3. The SMILES string of the molecule is CC(C)(C)NC(=O)C1NCC(O)C1O. The minimum Gasteiger partial charge on any atom is -0.389 e. The van der Waals surface area contributed by atoms with E-state index in [1.165, 1.54) is 0 Å². The Hall–Kier alpha value is -0.650. The number of hydrogen-bond acceptors (Lipinski definition) is 4. The predicted octanol–water partition coefficient (Wildman–Crippen LogP) is -1.41. The first-order valence-corrected chi connectivity index (χ1v) is 4.73. The lowest BCUT2D eigenvalue weighted by Gasteiger charge is -2.24. The zero-order valence-electron chi connectivity index (χ0n) is 8.74. The number of carbonyl (C=O) groups is 1. The molecule has 0 saturated carbocycles. The maximum atomic E-state index is 11.6. The number of aliphatic hydroxyl groups excluding tert-OH is 2. The molecular weight excluding hydrogens is 184 g/mol. The van der Waals surface area contributed by atoms with E-state index in [1.807, 2.05) is 20.8 Å². The summed E-state index contributed by atoms with van der Waals surface area (Å²) in [5.41, 5.74) is -0.327. The molecule has 0 aromatic rings. The van der Waals surface area contributed by atoms with Gasteiger partial charge in [0.25, 0.3) is 0 Å². The van der Waals surface area contributed by atoms with Gasteiger partial charge in [-0.25, -0.2) is 0 Å². The second-order valence-electron chi connectivity index (χ2n) is 4.68. The predicted molar refractivity (Wildman–Crippen MR) is 51.7 cm³/mol. The maximum absolute atomic E-state index is 11.6. The fourth-order valence-electron chi connectivity index (χ4n) is 1.41. The highest BCUT2D eigenvalue weighted by molar-refractivity contribution is 5.83. The van der Waals surface area contributed by atoms with Crippen LogP contribution in [0.1, 0.15) is 20.8 Å². The van der Waals surface area contributed by atoms with Crippen LogP contribution in [0.4, 0.5) is 0 Å². The third-order valence-corrected chi connectivity index (χ3v) is 2.06. The first-order chi connectivity index (χ1) is 6.31. The zero-order valence-corrected chi connectivity index (χ0v) is 8.74. The quantitative estimate of drug-likeness (QED) is 0.421. The summed E-state index contributed by atoms with van der Waals surface area (Å²) < 4.78 is 0. The second kappa shape index (κ2) is 3.84. The molecule has 1 amide bonds. The Bertz CT molecular complexity index is 225. The topological polar surface area (TPSA) is 81.6 Å². The number of amides is 1. The third kappa shape index (κ3) is 2.67. The van der Waals surface area contributed by atoms with Crippen LogP contribution in [0.5, 0.6) is 0 Å². The largest absolute Gasteiger partial charge is 0.389 e. The Morgan fingerprint density at radius 2 is 2.00 bits per heavy atom. The Labute approximate surface area is 83.5 Å². The highest BCUT2D eigenvalue weighted by Crippen LogP contribution is 2.09. The standard InChI is InChI=1S/C9H18N2O3/c1-9(2,3)11-8(14)6-7(13)5(12)4-10-6/h5-7,10,12-13H,4H2,1-3H3,(H,11,14). The lowest BCUT2D eigenvalue weighted by atomic mass is 10.1. The molecule has 3 unspecified atom stereocenters. The molecule has 1 heterocycles. The molecule has 5 nitrogen and oxygen atoms in total. The molecular formula is C9H18N2O3. The van der Waals surface area contributed by atoms with E-state index in [2.05, 4.69) is 10.6 Å². The van der Waals surface area contributed by atoms with Gasteiger partial charge in [-0.2, -0.15) is 0 Å². The summed E-state index contributed by atoms with van der Waals surface area (Å²) in [6.07, 6.45) is -1.87. The molecule has 0 radical (unpaired) electrons. The molecule has 5 heteroatoms. The van der Waals surface area contributed by atoms with Crippen LogP contribution in [0, 0.1) is 0 Å². The van der Waals surface area contributed by atoms with Crippen molar-refractivity contribution < 1.29 is 15.0 Å². The molecule has 0 aromatic heterocycles. The zero-order chi connectivity index (χ0) is 10.9. The second-order valence-corrected chi connectivity index (χ2v) is 4.68. The normalized spacial score (nSPS) is 33.1. The van der Waals surface area contributed by atoms with E-state index in [-0.39, 0.29) is 18.0 Å². The lowest BCUT2D eigenvalue weighted by molar-refractivity contribution is -0.127. The first kappa shape index (κ1) is 11.4. The van der Waals surface area contributed by atoms with Gasteiger partial charge in [-0.15, -0.1) is 0 Å². The van der Waals surface area contributed by atoms with Crippen molar-refractivity contribution in [2.45, 2.75) is 44.6 Å². The molecule has 0 bridgehead atoms. The molecule has 82 valence electrons. The summed E-state index contributed by atoms with van der Waals surface area (Å²) in [5.74, 6) is -0.276. The van der Waals surface area contributed by atoms with Gasteiger partial charge >= 0.3 is 0 Å². The van der Waals surface area contributed by atoms with Crippen molar-refractivity contribution in [3.05, 3.63) is 0 Å². The fourth-order valence-corrected chi connectivity index (χ4v) is 1.41. The molecule has 1 aliphatic heterocycles. The number of β-amino-alcohol motifs (C(OH)–C–C–N with tert-alkyl or cyclic N) is 1. The van der Waals surface area contributed by atoms with Crippen molar-refractivity contribution in [2.24, 2.45) is 0 Å². The molecule has 4 N–H and O–H groups in total. The fraction of sp³-hybridized carbons (Fsp3) is 0.889. The van der Waals surface area contributed by atoms with Crippen LogP contribution in [-0.2, 0) is 4.79 Å². The van der Waals surface area contributed by atoms with Crippen molar-refractivity contribution in [2.75, 3.05) is 6.54 Å². The van der Waals surface area contributed by atoms with Gasteiger partial charge in [0.05, 0.1) is 6.10 Å². The highest BCUT2D eigenvalue weighted by Gasteiger charge is 2.38. The van der Waals surface area contributed by atoms with Crippen molar-refractivity contribution >= 4 is 5.91 Å². The van der Waals surface area contributed by atoms with Crippen molar-refractivity contribution in [3.8, 4) is 0 Å². The van der Waals surface area contributed by atoms with Gasteiger partial charge in [0.1, 0.15) is 12.1 Å². The van der Waals surface area contributed by atoms with E-state index < -0.39 is 18.2 Å².